The van der Waals surface area contributed by atoms with Crippen LogP contribution in [-0.4, -0.2) is 30.3 Å². The quantitative estimate of drug-likeness (QED) is 0.795. The molecule has 0 saturated carbocycles. The number of carbonyl (C=O) groups excluding carboxylic acids is 2. The van der Waals surface area contributed by atoms with E-state index in [2.05, 4.69) is 5.32 Å². The van der Waals surface area contributed by atoms with Gasteiger partial charge < -0.3 is 10.2 Å². The summed E-state index contributed by atoms with van der Waals surface area (Å²) in [4.78, 5) is 26.3. The van der Waals surface area contributed by atoms with Crippen molar-refractivity contribution >= 4 is 17.5 Å². The largest absolute Gasteiger partial charge is 0.416 e. The van der Waals surface area contributed by atoms with Crippen molar-refractivity contribution in [1.29, 1.82) is 0 Å². The topological polar surface area (TPSA) is 49.4 Å². The Bertz CT molecular complexity index is 580. The molecule has 0 atom stereocenters. The lowest BCUT2D eigenvalue weighted by atomic mass is 9.90. The molecular weight excluding hydrogens is 321 g/mol. The lowest BCUT2D eigenvalue weighted by molar-refractivity contribution is -0.145. The fraction of sp³-hybridized carbons (Fsp3) is 0.529. The van der Waals surface area contributed by atoms with Crippen LogP contribution >= 0.6 is 0 Å². The van der Waals surface area contributed by atoms with Crippen LogP contribution in [0.4, 0.5) is 18.9 Å². The molecule has 24 heavy (non-hydrogen) atoms. The maximum atomic E-state index is 12.5. The summed E-state index contributed by atoms with van der Waals surface area (Å²) in [5, 5.41) is 2.50. The molecule has 4 nitrogen and oxygen atoms in total. The molecule has 134 valence electrons. The SMILES string of the molecule is CCCCN(C)C(=O)C(C)(C)C(=O)Nc1ccc(C(F)(F)F)cc1. The van der Waals surface area contributed by atoms with Crippen molar-refractivity contribution in [2.45, 2.75) is 39.8 Å². The maximum absolute atomic E-state index is 12.5. The highest BCUT2D eigenvalue weighted by Crippen LogP contribution is 2.30. The van der Waals surface area contributed by atoms with Gasteiger partial charge in [-0.05, 0) is 44.5 Å². The molecular formula is C17H23F3N2O2. The normalized spacial score (nSPS) is 12.0. The first-order valence-electron chi connectivity index (χ1n) is 7.74. The van der Waals surface area contributed by atoms with Crippen LogP contribution in [0.15, 0.2) is 24.3 Å². The van der Waals surface area contributed by atoms with Crippen molar-refractivity contribution in [2.75, 3.05) is 18.9 Å². The van der Waals surface area contributed by atoms with E-state index in [1.165, 1.54) is 30.9 Å². The highest BCUT2D eigenvalue weighted by Gasteiger charge is 2.38. The van der Waals surface area contributed by atoms with Crippen molar-refractivity contribution in [3.63, 3.8) is 0 Å². The fourth-order valence-corrected chi connectivity index (χ4v) is 2.10. The lowest BCUT2D eigenvalue weighted by Crippen LogP contribution is -2.46. The van der Waals surface area contributed by atoms with E-state index in [4.69, 9.17) is 0 Å². The molecule has 0 aromatic heterocycles. The smallest absolute Gasteiger partial charge is 0.345 e. The number of hydrogen-bond donors (Lipinski definition) is 1. The Morgan fingerprint density at radius 3 is 2.12 bits per heavy atom. The number of carbonyl (C=O) groups is 2. The number of halogens is 3. The molecule has 1 aromatic rings. The van der Waals surface area contributed by atoms with E-state index in [9.17, 15) is 22.8 Å². The Morgan fingerprint density at radius 1 is 1.12 bits per heavy atom. The number of benzene rings is 1. The van der Waals surface area contributed by atoms with Crippen molar-refractivity contribution < 1.29 is 22.8 Å². The first kappa shape index (κ1) is 20.0. The minimum atomic E-state index is -4.43. The Morgan fingerprint density at radius 2 is 1.67 bits per heavy atom. The second-order valence-corrected chi connectivity index (χ2v) is 6.23. The minimum Gasteiger partial charge on any atom is -0.345 e. The average molecular weight is 344 g/mol. The van der Waals surface area contributed by atoms with Crippen molar-refractivity contribution in [3.8, 4) is 0 Å². The summed E-state index contributed by atoms with van der Waals surface area (Å²) in [6.45, 7) is 5.54. The van der Waals surface area contributed by atoms with Crippen LogP contribution in [0.5, 0.6) is 0 Å². The Kier molecular flexibility index (Phi) is 6.40. The van der Waals surface area contributed by atoms with E-state index in [-0.39, 0.29) is 11.6 Å². The number of nitrogens with one attached hydrogen (secondary N) is 1. The molecule has 1 N–H and O–H groups in total. The lowest BCUT2D eigenvalue weighted by Gasteiger charge is -2.28. The van der Waals surface area contributed by atoms with Crippen LogP contribution in [0.25, 0.3) is 0 Å². The molecule has 0 saturated heterocycles. The van der Waals surface area contributed by atoms with E-state index in [0.717, 1.165) is 25.0 Å². The van der Waals surface area contributed by atoms with Crippen LogP contribution in [0.3, 0.4) is 0 Å². The number of alkyl halides is 3. The van der Waals surface area contributed by atoms with Gasteiger partial charge in [-0.2, -0.15) is 13.2 Å². The standard InChI is InChI=1S/C17H23F3N2O2/c1-5-6-11-22(4)15(24)16(2,3)14(23)21-13-9-7-12(8-10-13)17(18,19)20/h7-10H,5-6,11H2,1-4H3,(H,21,23). The molecule has 1 aromatic carbocycles. The molecule has 0 spiro atoms. The zero-order valence-corrected chi connectivity index (χ0v) is 14.3. The van der Waals surface area contributed by atoms with Gasteiger partial charge in [0.1, 0.15) is 5.41 Å². The Balaban J connectivity index is 2.80. The monoisotopic (exact) mass is 344 g/mol. The molecule has 0 heterocycles. The first-order valence-corrected chi connectivity index (χ1v) is 7.74. The number of anilines is 1. The van der Waals surface area contributed by atoms with Crippen LogP contribution in [0.1, 0.15) is 39.2 Å². The van der Waals surface area contributed by atoms with Gasteiger partial charge in [0.15, 0.2) is 0 Å². The third-order valence-electron chi connectivity index (χ3n) is 3.77. The molecule has 0 bridgehead atoms. The summed E-state index contributed by atoms with van der Waals surface area (Å²) in [6, 6.07) is 4.11. The molecule has 0 fully saturated rings. The van der Waals surface area contributed by atoms with Gasteiger partial charge in [-0.25, -0.2) is 0 Å². The van der Waals surface area contributed by atoms with Gasteiger partial charge in [-0.15, -0.1) is 0 Å². The molecule has 2 amide bonds. The number of nitrogens with zero attached hydrogens (tertiary/aromatic N) is 1. The molecule has 0 aliphatic carbocycles. The van der Waals surface area contributed by atoms with E-state index in [1.807, 2.05) is 6.92 Å². The molecule has 0 aliphatic rings. The molecule has 0 aliphatic heterocycles. The van der Waals surface area contributed by atoms with Crippen LogP contribution in [-0.2, 0) is 15.8 Å². The van der Waals surface area contributed by atoms with Gasteiger partial charge in [0, 0.05) is 19.3 Å². The molecule has 0 radical (unpaired) electrons. The van der Waals surface area contributed by atoms with Crippen molar-refractivity contribution in [3.05, 3.63) is 29.8 Å². The van der Waals surface area contributed by atoms with Gasteiger partial charge in [-0.1, -0.05) is 13.3 Å². The Labute approximate surface area is 140 Å². The van der Waals surface area contributed by atoms with Gasteiger partial charge in [0.05, 0.1) is 5.56 Å². The summed E-state index contributed by atoms with van der Waals surface area (Å²) in [7, 11) is 1.63. The van der Waals surface area contributed by atoms with Gasteiger partial charge in [0.2, 0.25) is 11.8 Å². The summed E-state index contributed by atoms with van der Waals surface area (Å²) >= 11 is 0. The zero-order valence-electron chi connectivity index (χ0n) is 14.3. The van der Waals surface area contributed by atoms with Crippen LogP contribution < -0.4 is 5.32 Å². The highest BCUT2D eigenvalue weighted by atomic mass is 19.4. The first-order chi connectivity index (χ1) is 11.0. The van der Waals surface area contributed by atoms with Gasteiger partial charge in [0.25, 0.3) is 0 Å². The Hall–Kier alpha value is -2.05. The molecule has 1 rings (SSSR count). The minimum absolute atomic E-state index is 0.213. The number of rotatable bonds is 6. The third kappa shape index (κ3) is 4.97. The molecule has 7 heteroatoms. The second-order valence-electron chi connectivity index (χ2n) is 6.23. The van der Waals surface area contributed by atoms with Crippen LogP contribution in [0, 0.1) is 5.41 Å². The summed E-state index contributed by atoms with van der Waals surface area (Å²) in [5.74, 6) is -0.893. The summed E-state index contributed by atoms with van der Waals surface area (Å²) in [5.41, 5.74) is -1.90. The fourth-order valence-electron chi connectivity index (χ4n) is 2.10. The number of amides is 2. The number of unbranched alkanes of at least 4 members (excludes halogenated alkanes) is 1. The van der Waals surface area contributed by atoms with Gasteiger partial charge >= 0.3 is 6.18 Å². The van der Waals surface area contributed by atoms with E-state index >= 15 is 0 Å². The predicted molar refractivity (Wildman–Crippen MR) is 86.4 cm³/mol. The van der Waals surface area contributed by atoms with Crippen LogP contribution in [0.2, 0.25) is 0 Å². The average Bonchev–Trinajstić information content (AvgIpc) is 2.51. The van der Waals surface area contributed by atoms with E-state index in [0.29, 0.717) is 6.54 Å². The highest BCUT2D eigenvalue weighted by molar-refractivity contribution is 6.09. The summed E-state index contributed by atoms with van der Waals surface area (Å²) in [6.07, 6.45) is -2.67. The number of hydrogen-bond acceptors (Lipinski definition) is 2. The second kappa shape index (κ2) is 7.68. The predicted octanol–water partition coefficient (Wildman–Crippen LogP) is 3.93. The van der Waals surface area contributed by atoms with E-state index < -0.39 is 23.1 Å². The zero-order chi connectivity index (χ0) is 18.5. The third-order valence-corrected chi connectivity index (χ3v) is 3.77. The molecule has 0 unspecified atom stereocenters. The van der Waals surface area contributed by atoms with Crippen molar-refractivity contribution in [2.24, 2.45) is 5.41 Å². The van der Waals surface area contributed by atoms with Crippen molar-refractivity contribution in [1.82, 2.24) is 4.90 Å². The van der Waals surface area contributed by atoms with Gasteiger partial charge in [-0.3, -0.25) is 9.59 Å². The van der Waals surface area contributed by atoms with E-state index in [1.54, 1.807) is 7.05 Å². The maximum Gasteiger partial charge on any atom is 0.416 e. The summed E-state index contributed by atoms with van der Waals surface area (Å²) < 4.78 is 37.6.